The highest BCUT2D eigenvalue weighted by Crippen LogP contribution is 2.34. The van der Waals surface area contributed by atoms with Gasteiger partial charge in [-0.1, -0.05) is 11.8 Å². The van der Waals surface area contributed by atoms with E-state index in [4.69, 9.17) is 4.74 Å². The molecule has 0 aromatic rings. The van der Waals surface area contributed by atoms with Crippen LogP contribution in [0.5, 0.6) is 0 Å². The minimum Gasteiger partial charge on any atom is -0.467 e. The average molecular weight is 229 g/mol. The van der Waals surface area contributed by atoms with Crippen molar-refractivity contribution in [1.29, 1.82) is 0 Å². The summed E-state index contributed by atoms with van der Waals surface area (Å²) in [7, 11) is 1.32. The molecule has 0 unspecified atom stereocenters. The van der Waals surface area contributed by atoms with Gasteiger partial charge in [0.1, 0.15) is 11.8 Å². The fourth-order valence-electron chi connectivity index (χ4n) is 1.59. The first-order valence-electron chi connectivity index (χ1n) is 4.50. The van der Waals surface area contributed by atoms with Crippen molar-refractivity contribution in [2.45, 2.75) is 18.5 Å². The Bertz CT molecular complexity index is 341. The maximum atomic E-state index is 11.7. The Labute approximate surface area is 91.4 Å². The van der Waals surface area contributed by atoms with Gasteiger partial charge in [-0.2, -0.15) is 0 Å². The maximum Gasteiger partial charge on any atom is 0.329 e. The van der Waals surface area contributed by atoms with Crippen LogP contribution < -0.4 is 0 Å². The third-order valence-corrected chi connectivity index (χ3v) is 3.42. The van der Waals surface area contributed by atoms with Gasteiger partial charge in [0.15, 0.2) is 0 Å². The number of thioether (sulfide) groups is 1. The van der Waals surface area contributed by atoms with Crippen molar-refractivity contribution in [3.8, 4) is 0 Å². The van der Waals surface area contributed by atoms with Crippen molar-refractivity contribution in [2.24, 2.45) is 0 Å². The van der Waals surface area contributed by atoms with Gasteiger partial charge in [-0.15, -0.1) is 0 Å². The Kier molecular flexibility index (Phi) is 2.60. The predicted molar refractivity (Wildman–Crippen MR) is 53.7 cm³/mol. The predicted octanol–water partition coefficient (Wildman–Crippen LogP) is 0.321. The zero-order valence-corrected chi connectivity index (χ0v) is 9.24. The lowest BCUT2D eigenvalue weighted by Crippen LogP contribution is -2.47. The minimum absolute atomic E-state index is 0.191. The number of hydrogen-bond donors (Lipinski definition) is 0. The number of carbonyl (C=O) groups excluding carboxylic acids is 2. The van der Waals surface area contributed by atoms with E-state index in [0.717, 1.165) is 0 Å². The molecule has 1 fully saturated rings. The minimum atomic E-state index is -0.526. The first-order chi connectivity index (χ1) is 7.13. The van der Waals surface area contributed by atoms with Crippen LogP contribution in [-0.4, -0.2) is 41.2 Å². The number of hydrogen-bond acceptors (Lipinski definition) is 5. The summed E-state index contributed by atoms with van der Waals surface area (Å²) in [6, 6.07) is -0.526. The number of ether oxygens (including phenoxy) is 2. The number of methoxy groups -OCH3 is 1. The van der Waals surface area contributed by atoms with Crippen LogP contribution in [0.2, 0.25) is 0 Å². The van der Waals surface area contributed by atoms with E-state index in [1.807, 2.05) is 0 Å². The second-order valence-corrected chi connectivity index (χ2v) is 4.37. The van der Waals surface area contributed by atoms with Gasteiger partial charge in [-0.3, -0.25) is 9.69 Å². The third-order valence-electron chi connectivity index (χ3n) is 2.30. The summed E-state index contributed by atoms with van der Waals surface area (Å²) in [6.07, 6.45) is 1.39. The lowest BCUT2D eigenvalue weighted by molar-refractivity contribution is -0.155. The summed E-state index contributed by atoms with van der Waals surface area (Å²) in [6.45, 7) is 1.72. The molecule has 82 valence electrons. The Morgan fingerprint density at radius 2 is 2.47 bits per heavy atom. The second-order valence-electron chi connectivity index (χ2n) is 3.30. The van der Waals surface area contributed by atoms with Gasteiger partial charge < -0.3 is 9.47 Å². The summed E-state index contributed by atoms with van der Waals surface area (Å²) in [4.78, 5) is 24.5. The molecular weight excluding hydrogens is 218 g/mol. The Balaban J connectivity index is 2.22. The molecule has 2 aliphatic rings. The largest absolute Gasteiger partial charge is 0.467 e. The molecule has 0 aromatic carbocycles. The summed E-state index contributed by atoms with van der Waals surface area (Å²) in [5, 5.41) is 0. The number of allylic oxidation sites excluding steroid dienone is 1. The number of esters is 1. The van der Waals surface area contributed by atoms with E-state index in [2.05, 4.69) is 4.74 Å². The molecule has 0 radical (unpaired) electrons. The van der Waals surface area contributed by atoms with Gasteiger partial charge >= 0.3 is 5.97 Å². The molecule has 5 nitrogen and oxygen atoms in total. The molecule has 2 rings (SSSR count). The fraction of sp³-hybridized carbons (Fsp3) is 0.556. The molecule has 2 aliphatic heterocycles. The first-order valence-corrected chi connectivity index (χ1v) is 5.55. The molecule has 0 bridgehead atoms. The van der Waals surface area contributed by atoms with Crippen molar-refractivity contribution < 1.29 is 19.1 Å². The van der Waals surface area contributed by atoms with E-state index in [1.165, 1.54) is 29.8 Å². The molecule has 0 N–H and O–H groups in total. The lowest BCUT2D eigenvalue weighted by Gasteiger charge is -2.30. The topological polar surface area (TPSA) is 55.8 Å². The van der Waals surface area contributed by atoms with E-state index >= 15 is 0 Å². The quantitative estimate of drug-likeness (QED) is 0.606. The van der Waals surface area contributed by atoms with Crippen molar-refractivity contribution in [3.63, 3.8) is 0 Å². The van der Waals surface area contributed by atoms with Crippen LogP contribution in [-0.2, 0) is 19.1 Å². The Hall–Kier alpha value is -1.17. The summed E-state index contributed by atoms with van der Waals surface area (Å²) in [5.41, 5.74) is -0.383. The number of nitrogens with zero attached hydrogens (tertiary/aromatic N) is 1. The summed E-state index contributed by atoms with van der Waals surface area (Å²) < 4.78 is 10.1. The van der Waals surface area contributed by atoms with Crippen LogP contribution in [0.25, 0.3) is 0 Å². The van der Waals surface area contributed by atoms with Crippen LogP contribution in [0.4, 0.5) is 0 Å². The van der Waals surface area contributed by atoms with E-state index in [1.54, 1.807) is 6.92 Å². The Morgan fingerprint density at radius 3 is 3.13 bits per heavy atom. The standard InChI is InChI=1S/C9H11NO4S/c1-5-3-7(11)10-6(8(12)13-2)4-15-9(10)14-5/h3,6,9H,4H2,1-2H3/t6-,9+/m0/s1. The van der Waals surface area contributed by atoms with Crippen molar-refractivity contribution in [1.82, 2.24) is 4.90 Å². The SMILES string of the molecule is COC(=O)[C@@H]1CS[C@H]2OC(C)=CC(=O)N21. The third kappa shape index (κ3) is 1.69. The molecule has 0 aliphatic carbocycles. The highest BCUT2D eigenvalue weighted by atomic mass is 32.2. The van der Waals surface area contributed by atoms with Crippen molar-refractivity contribution >= 4 is 23.6 Å². The van der Waals surface area contributed by atoms with Gasteiger partial charge in [0.2, 0.25) is 5.56 Å². The summed E-state index contributed by atoms with van der Waals surface area (Å²) in [5.74, 6) is 0.516. The van der Waals surface area contributed by atoms with Crippen LogP contribution >= 0.6 is 11.8 Å². The van der Waals surface area contributed by atoms with Crippen LogP contribution in [0, 0.1) is 0 Å². The smallest absolute Gasteiger partial charge is 0.329 e. The van der Waals surface area contributed by atoms with Crippen molar-refractivity contribution in [2.75, 3.05) is 12.9 Å². The van der Waals surface area contributed by atoms with Gasteiger partial charge in [0.25, 0.3) is 5.91 Å². The van der Waals surface area contributed by atoms with Gasteiger partial charge in [0, 0.05) is 11.8 Å². The molecule has 2 atom stereocenters. The van der Waals surface area contributed by atoms with E-state index in [9.17, 15) is 9.59 Å². The maximum absolute atomic E-state index is 11.7. The highest BCUT2D eigenvalue weighted by molar-refractivity contribution is 8.00. The molecule has 15 heavy (non-hydrogen) atoms. The fourth-order valence-corrected chi connectivity index (χ4v) is 2.86. The molecule has 1 amide bonds. The second kappa shape index (κ2) is 3.77. The molecule has 1 saturated heterocycles. The van der Waals surface area contributed by atoms with Crippen LogP contribution in [0.3, 0.4) is 0 Å². The average Bonchev–Trinajstić information content (AvgIpc) is 2.60. The molecule has 0 saturated carbocycles. The number of fused-ring (bicyclic) bond motifs is 1. The van der Waals surface area contributed by atoms with Crippen LogP contribution in [0.15, 0.2) is 11.8 Å². The molecule has 2 heterocycles. The molecular formula is C9H11NO4S. The highest BCUT2D eigenvalue weighted by Gasteiger charge is 2.44. The summed E-state index contributed by atoms with van der Waals surface area (Å²) >= 11 is 1.43. The van der Waals surface area contributed by atoms with E-state index in [-0.39, 0.29) is 11.5 Å². The van der Waals surface area contributed by atoms with Gasteiger partial charge in [-0.25, -0.2) is 4.79 Å². The first kappa shape index (κ1) is 10.4. The van der Waals surface area contributed by atoms with Gasteiger partial charge in [-0.05, 0) is 6.92 Å². The monoisotopic (exact) mass is 229 g/mol. The number of amides is 1. The van der Waals surface area contributed by atoms with Gasteiger partial charge in [0.05, 0.1) is 7.11 Å². The number of carbonyl (C=O) groups is 2. The normalized spacial score (nSPS) is 29.3. The Morgan fingerprint density at radius 1 is 1.73 bits per heavy atom. The van der Waals surface area contributed by atoms with Crippen LogP contribution in [0.1, 0.15) is 6.92 Å². The van der Waals surface area contributed by atoms with Crippen molar-refractivity contribution in [3.05, 3.63) is 11.8 Å². The molecule has 0 aromatic heterocycles. The molecule has 0 spiro atoms. The van der Waals surface area contributed by atoms with E-state index < -0.39 is 12.0 Å². The number of rotatable bonds is 1. The zero-order valence-electron chi connectivity index (χ0n) is 8.43. The lowest BCUT2D eigenvalue weighted by atomic mass is 10.2. The van der Waals surface area contributed by atoms with E-state index in [0.29, 0.717) is 11.5 Å². The molecule has 6 heteroatoms. The zero-order chi connectivity index (χ0) is 11.0.